The number of rotatable bonds is 4. The van der Waals surface area contributed by atoms with Crippen molar-refractivity contribution in [2.24, 2.45) is 7.05 Å². The average molecular weight is 665 g/mol. The second kappa shape index (κ2) is 9.02. The predicted octanol–water partition coefficient (Wildman–Crippen LogP) is 2.79. The minimum absolute atomic E-state index is 0.0704. The van der Waals surface area contributed by atoms with Crippen LogP contribution in [-0.2, 0) is 23.8 Å². The number of benzene rings is 2. The summed E-state index contributed by atoms with van der Waals surface area (Å²) in [5, 5.41) is -0.0704. The van der Waals surface area contributed by atoms with Gasteiger partial charge in [-0.2, -0.15) is 13.1 Å². The lowest BCUT2D eigenvalue weighted by atomic mass is 10.1. The standard InChI is InChI=1S/C25H21FIN5O6S/c1-12-21(38-16-7-3-13-11-28-39(36,37)29-18(13)10-16)20-22(30(2)23(12)33)32(19-8-4-14(27)9-17(19)26)25(35)31(24(20)34)15-5-6-15/h3-4,7-10,15,28-29H,5-6,11H2,1-2H3. The maximum Gasteiger partial charge on any atom is 0.337 e. The van der Waals surface area contributed by atoms with Gasteiger partial charge < -0.3 is 4.74 Å². The van der Waals surface area contributed by atoms with E-state index in [1.165, 1.54) is 32.2 Å². The van der Waals surface area contributed by atoms with Gasteiger partial charge in [0.2, 0.25) is 0 Å². The molecule has 0 amide bonds. The summed E-state index contributed by atoms with van der Waals surface area (Å²) in [5.74, 6) is -0.632. The van der Waals surface area contributed by atoms with Crippen LogP contribution in [0, 0.1) is 16.3 Å². The van der Waals surface area contributed by atoms with E-state index in [9.17, 15) is 22.8 Å². The van der Waals surface area contributed by atoms with E-state index in [2.05, 4.69) is 9.44 Å². The Kier molecular flexibility index (Phi) is 5.96. The molecule has 0 spiro atoms. The lowest BCUT2D eigenvalue weighted by Crippen LogP contribution is -2.42. The van der Waals surface area contributed by atoms with Crippen LogP contribution >= 0.6 is 22.6 Å². The number of anilines is 1. The van der Waals surface area contributed by atoms with Crippen LogP contribution in [0.1, 0.15) is 30.0 Å². The summed E-state index contributed by atoms with van der Waals surface area (Å²) < 4.78 is 54.0. The number of aromatic nitrogens is 3. The molecule has 0 unspecified atom stereocenters. The molecule has 2 N–H and O–H groups in total. The quantitative estimate of drug-likeness (QED) is 0.323. The van der Waals surface area contributed by atoms with Crippen molar-refractivity contribution in [1.29, 1.82) is 0 Å². The largest absolute Gasteiger partial charge is 0.456 e. The topological polar surface area (TPSA) is 133 Å². The van der Waals surface area contributed by atoms with Crippen molar-refractivity contribution in [2.45, 2.75) is 32.4 Å². The zero-order chi connectivity index (χ0) is 27.8. The fraction of sp³-hybridized carbons (Fsp3) is 0.240. The number of pyridine rings is 1. The Balaban J connectivity index is 1.67. The molecule has 1 fully saturated rings. The van der Waals surface area contributed by atoms with E-state index in [0.717, 1.165) is 13.7 Å². The van der Waals surface area contributed by atoms with Crippen molar-refractivity contribution in [2.75, 3.05) is 4.72 Å². The van der Waals surface area contributed by atoms with Crippen LogP contribution in [-0.4, -0.2) is 22.1 Å². The molecule has 6 rings (SSSR count). The van der Waals surface area contributed by atoms with Gasteiger partial charge in [0.15, 0.2) is 5.75 Å². The second-order valence-electron chi connectivity index (χ2n) is 9.48. The van der Waals surface area contributed by atoms with E-state index in [-0.39, 0.29) is 52.1 Å². The van der Waals surface area contributed by atoms with Crippen LogP contribution in [0.5, 0.6) is 11.5 Å². The fourth-order valence-electron chi connectivity index (χ4n) is 4.76. The number of aryl methyl sites for hydroxylation is 1. The van der Waals surface area contributed by atoms with Crippen LogP contribution in [0.3, 0.4) is 0 Å². The number of fused-ring (bicyclic) bond motifs is 2. The summed E-state index contributed by atoms with van der Waals surface area (Å²) >= 11 is 1.95. The molecular weight excluding hydrogens is 644 g/mol. The van der Waals surface area contributed by atoms with E-state index in [4.69, 9.17) is 4.74 Å². The Bertz CT molecular complexity index is 2010. The second-order valence-corrected chi connectivity index (χ2v) is 12.2. The Hall–Kier alpha value is -3.50. The van der Waals surface area contributed by atoms with Gasteiger partial charge in [-0.25, -0.2) is 13.8 Å². The molecule has 14 heteroatoms. The lowest BCUT2D eigenvalue weighted by Gasteiger charge is -2.21. The van der Waals surface area contributed by atoms with Crippen molar-refractivity contribution in [3.63, 3.8) is 0 Å². The summed E-state index contributed by atoms with van der Waals surface area (Å²) in [5.41, 5.74) is -1.14. The predicted molar refractivity (Wildman–Crippen MR) is 151 cm³/mol. The number of hydrogen-bond donors (Lipinski definition) is 2. The molecule has 1 aliphatic heterocycles. The molecule has 2 aromatic heterocycles. The Labute approximate surface area is 234 Å². The number of nitrogens with one attached hydrogen (secondary N) is 2. The third kappa shape index (κ3) is 4.26. The first-order valence-electron chi connectivity index (χ1n) is 11.9. The van der Waals surface area contributed by atoms with Gasteiger partial charge >= 0.3 is 5.69 Å². The molecule has 2 aliphatic rings. The van der Waals surface area contributed by atoms with Crippen molar-refractivity contribution in [3.05, 3.63) is 88.1 Å². The number of hydrogen-bond acceptors (Lipinski definition) is 6. The Morgan fingerprint density at radius 2 is 1.82 bits per heavy atom. The maximum atomic E-state index is 15.2. The maximum absolute atomic E-state index is 15.2. The van der Waals surface area contributed by atoms with E-state index < -0.39 is 32.8 Å². The minimum Gasteiger partial charge on any atom is -0.456 e. The molecule has 39 heavy (non-hydrogen) atoms. The molecule has 0 radical (unpaired) electrons. The molecule has 1 saturated carbocycles. The third-order valence-corrected chi connectivity index (χ3v) is 8.52. The first-order chi connectivity index (χ1) is 18.5. The molecule has 11 nitrogen and oxygen atoms in total. The zero-order valence-electron chi connectivity index (χ0n) is 20.6. The molecule has 0 saturated heterocycles. The molecule has 1 aliphatic carbocycles. The summed E-state index contributed by atoms with van der Waals surface area (Å²) in [6.45, 7) is 1.57. The fourth-order valence-corrected chi connectivity index (χ4v) is 6.11. The van der Waals surface area contributed by atoms with E-state index in [1.807, 2.05) is 22.6 Å². The van der Waals surface area contributed by atoms with Crippen LogP contribution in [0.4, 0.5) is 10.1 Å². The van der Waals surface area contributed by atoms with Gasteiger partial charge in [-0.15, -0.1) is 0 Å². The minimum atomic E-state index is -3.74. The van der Waals surface area contributed by atoms with Crippen LogP contribution in [0.15, 0.2) is 50.8 Å². The first kappa shape index (κ1) is 25.8. The molecule has 202 valence electrons. The number of halogens is 2. The van der Waals surface area contributed by atoms with Crippen molar-refractivity contribution in [3.8, 4) is 17.2 Å². The zero-order valence-corrected chi connectivity index (χ0v) is 23.6. The van der Waals surface area contributed by atoms with Gasteiger partial charge in [-0.05, 0) is 72.2 Å². The lowest BCUT2D eigenvalue weighted by molar-refractivity contribution is 0.479. The highest BCUT2D eigenvalue weighted by molar-refractivity contribution is 14.1. The van der Waals surface area contributed by atoms with Crippen molar-refractivity contribution < 1.29 is 17.5 Å². The summed E-state index contributed by atoms with van der Waals surface area (Å²) in [6, 6.07) is 8.63. The summed E-state index contributed by atoms with van der Waals surface area (Å²) in [6.07, 6.45) is 1.21. The average Bonchev–Trinajstić information content (AvgIpc) is 3.70. The summed E-state index contributed by atoms with van der Waals surface area (Å²) in [7, 11) is -2.33. The highest BCUT2D eigenvalue weighted by Gasteiger charge is 2.32. The SMILES string of the molecule is Cc1c(Oc2ccc3c(c2)NS(=O)(=O)NC3)c2c(=O)n(C3CC3)c(=O)n(-c3ccc(I)cc3F)c2n(C)c1=O. The van der Waals surface area contributed by atoms with Crippen LogP contribution < -0.4 is 31.0 Å². The van der Waals surface area contributed by atoms with Crippen molar-refractivity contribution in [1.82, 2.24) is 18.4 Å². The Morgan fingerprint density at radius 3 is 2.51 bits per heavy atom. The molecular formula is C25H21FIN5O6S. The highest BCUT2D eigenvalue weighted by atomic mass is 127. The molecule has 0 bridgehead atoms. The monoisotopic (exact) mass is 665 g/mol. The van der Waals surface area contributed by atoms with E-state index in [0.29, 0.717) is 22.0 Å². The van der Waals surface area contributed by atoms with Crippen LogP contribution in [0.25, 0.3) is 16.7 Å². The van der Waals surface area contributed by atoms with E-state index >= 15 is 4.39 Å². The molecule has 4 aromatic rings. The number of nitrogens with zero attached hydrogens (tertiary/aromatic N) is 3. The van der Waals surface area contributed by atoms with Crippen molar-refractivity contribution >= 4 is 49.5 Å². The van der Waals surface area contributed by atoms with Crippen LogP contribution in [0.2, 0.25) is 0 Å². The smallest absolute Gasteiger partial charge is 0.337 e. The molecule has 3 heterocycles. The Morgan fingerprint density at radius 1 is 1.08 bits per heavy atom. The normalized spacial score (nSPS) is 16.1. The number of ether oxygens (including phenoxy) is 1. The first-order valence-corrected chi connectivity index (χ1v) is 14.5. The van der Waals surface area contributed by atoms with Gasteiger partial charge in [0.1, 0.15) is 22.6 Å². The summed E-state index contributed by atoms with van der Waals surface area (Å²) in [4.78, 5) is 40.9. The molecule has 0 atom stereocenters. The van der Waals surface area contributed by atoms with Gasteiger partial charge in [-0.3, -0.25) is 23.4 Å². The van der Waals surface area contributed by atoms with Gasteiger partial charge in [0.05, 0.1) is 16.9 Å². The van der Waals surface area contributed by atoms with Gasteiger partial charge in [-0.1, -0.05) is 6.07 Å². The molecule has 2 aromatic carbocycles. The third-order valence-electron chi connectivity index (χ3n) is 6.84. The highest BCUT2D eigenvalue weighted by Crippen LogP contribution is 2.36. The van der Waals surface area contributed by atoms with Gasteiger partial charge in [0.25, 0.3) is 21.3 Å². The van der Waals surface area contributed by atoms with Gasteiger partial charge in [0, 0.05) is 29.3 Å². The van der Waals surface area contributed by atoms with E-state index in [1.54, 1.807) is 18.2 Å².